The van der Waals surface area contributed by atoms with Crippen molar-refractivity contribution < 1.29 is 9.59 Å². The number of alkyl halides is 2. The van der Waals surface area contributed by atoms with Gasteiger partial charge >= 0.3 is 0 Å². The van der Waals surface area contributed by atoms with Gasteiger partial charge in [-0.05, 0) is 27.2 Å². The van der Waals surface area contributed by atoms with Crippen LogP contribution in [0.2, 0.25) is 0 Å². The smallest absolute Gasteiger partial charge is 0.239 e. The molecule has 1 N–H and O–H groups in total. The Morgan fingerprint density at radius 1 is 1.41 bits per heavy atom. The number of hydrogen-bond donors (Lipinski definition) is 1. The van der Waals surface area contributed by atoms with Crippen molar-refractivity contribution >= 4 is 35.0 Å². The number of halogens is 2. The van der Waals surface area contributed by atoms with Gasteiger partial charge in [-0.15, -0.1) is 23.2 Å². The zero-order chi connectivity index (χ0) is 13.4. The first kappa shape index (κ1) is 14.6. The molecule has 0 aromatic carbocycles. The highest BCUT2D eigenvalue weighted by atomic mass is 35.5. The van der Waals surface area contributed by atoms with Crippen molar-refractivity contribution in [3.63, 3.8) is 0 Å². The monoisotopic (exact) mass is 280 g/mol. The van der Waals surface area contributed by atoms with Gasteiger partial charge in [0, 0.05) is 13.1 Å². The molecule has 0 aromatic rings. The van der Waals surface area contributed by atoms with Crippen molar-refractivity contribution in [2.75, 3.05) is 13.6 Å². The molecule has 0 spiro atoms. The second-order valence-electron chi connectivity index (χ2n) is 5.10. The Morgan fingerprint density at radius 2 is 1.88 bits per heavy atom. The lowest BCUT2D eigenvalue weighted by Crippen LogP contribution is -2.43. The highest BCUT2D eigenvalue weighted by Gasteiger charge is 2.68. The number of carbonyl (C=O) groups excluding carboxylic acids is 2. The summed E-state index contributed by atoms with van der Waals surface area (Å²) in [4.78, 5) is 24.9. The van der Waals surface area contributed by atoms with Crippen molar-refractivity contribution in [1.29, 1.82) is 0 Å². The Hall–Kier alpha value is -0.480. The van der Waals surface area contributed by atoms with E-state index in [0.29, 0.717) is 6.42 Å². The average molecular weight is 281 g/mol. The summed E-state index contributed by atoms with van der Waals surface area (Å²) in [5, 5.41) is 2.72. The predicted octanol–water partition coefficient (Wildman–Crippen LogP) is 1.55. The van der Waals surface area contributed by atoms with Gasteiger partial charge in [-0.3, -0.25) is 9.59 Å². The topological polar surface area (TPSA) is 49.4 Å². The molecule has 2 amide bonds. The number of nitrogens with one attached hydrogen (secondary N) is 1. The first-order valence-corrected chi connectivity index (χ1v) is 6.28. The molecular weight excluding hydrogens is 263 g/mol. The highest BCUT2D eigenvalue weighted by molar-refractivity contribution is 6.53. The first-order valence-electron chi connectivity index (χ1n) is 5.53. The van der Waals surface area contributed by atoms with Crippen LogP contribution in [0.25, 0.3) is 0 Å². The number of carbonyl (C=O) groups is 2. The van der Waals surface area contributed by atoms with Crippen molar-refractivity contribution in [2.45, 2.75) is 37.6 Å². The third-order valence-corrected chi connectivity index (χ3v) is 4.01. The zero-order valence-corrected chi connectivity index (χ0v) is 12.0. The Labute approximate surface area is 112 Å². The number of hydrogen-bond acceptors (Lipinski definition) is 2. The van der Waals surface area contributed by atoms with Gasteiger partial charge in [-0.2, -0.15) is 0 Å². The summed E-state index contributed by atoms with van der Waals surface area (Å²) >= 11 is 11.9. The Balaban J connectivity index is 2.52. The van der Waals surface area contributed by atoms with Crippen molar-refractivity contribution in [3.05, 3.63) is 0 Å². The Kier molecular flexibility index (Phi) is 3.99. The molecule has 0 radical (unpaired) electrons. The lowest BCUT2D eigenvalue weighted by Gasteiger charge is -2.22. The third kappa shape index (κ3) is 3.05. The fourth-order valence-corrected chi connectivity index (χ4v) is 2.40. The second kappa shape index (κ2) is 4.65. The van der Waals surface area contributed by atoms with Crippen LogP contribution >= 0.6 is 23.2 Å². The fraction of sp³-hybridized carbons (Fsp3) is 0.818. The standard InChI is InChI=1S/C11H18Cl2N2O2/c1-7(2)14-8(16)5-15(4)9(17)10(3)6-11(10,12)13/h7H,5-6H2,1-4H3,(H,14,16)/t10-/m1/s1. The van der Waals surface area contributed by atoms with Gasteiger partial charge in [0.25, 0.3) is 0 Å². The van der Waals surface area contributed by atoms with E-state index in [2.05, 4.69) is 5.32 Å². The molecule has 0 heterocycles. The Morgan fingerprint density at radius 3 is 2.24 bits per heavy atom. The van der Waals surface area contributed by atoms with E-state index in [1.807, 2.05) is 13.8 Å². The van der Waals surface area contributed by atoms with Crippen LogP contribution in [-0.4, -0.2) is 40.7 Å². The van der Waals surface area contributed by atoms with Crippen LogP contribution in [0.15, 0.2) is 0 Å². The van der Waals surface area contributed by atoms with E-state index < -0.39 is 9.75 Å². The van der Waals surface area contributed by atoms with E-state index in [4.69, 9.17) is 23.2 Å². The molecule has 1 rings (SSSR count). The van der Waals surface area contributed by atoms with E-state index in [9.17, 15) is 9.59 Å². The maximum atomic E-state index is 12.0. The van der Waals surface area contributed by atoms with Crippen LogP contribution in [0.5, 0.6) is 0 Å². The SMILES string of the molecule is CC(C)NC(=O)CN(C)C(=O)[C@@]1(C)CC1(Cl)Cl. The van der Waals surface area contributed by atoms with Gasteiger partial charge in [0.05, 0.1) is 12.0 Å². The normalized spacial score (nSPS) is 25.6. The maximum Gasteiger partial charge on any atom is 0.239 e. The van der Waals surface area contributed by atoms with Gasteiger partial charge in [0.1, 0.15) is 4.33 Å². The fourth-order valence-electron chi connectivity index (χ4n) is 1.71. The van der Waals surface area contributed by atoms with Crippen molar-refractivity contribution in [3.8, 4) is 0 Å². The molecule has 0 bridgehead atoms. The molecule has 0 saturated heterocycles. The second-order valence-corrected chi connectivity index (χ2v) is 6.58. The van der Waals surface area contributed by atoms with E-state index in [1.54, 1.807) is 14.0 Å². The average Bonchev–Trinajstić information content (AvgIpc) is 2.64. The molecule has 0 aromatic heterocycles. The van der Waals surface area contributed by atoms with Gasteiger partial charge in [-0.25, -0.2) is 0 Å². The van der Waals surface area contributed by atoms with Gasteiger partial charge in [0.15, 0.2) is 0 Å². The quantitative estimate of drug-likeness (QED) is 0.795. The largest absolute Gasteiger partial charge is 0.352 e. The molecule has 98 valence electrons. The summed E-state index contributed by atoms with van der Waals surface area (Å²) in [6, 6.07) is 0.0580. The maximum absolute atomic E-state index is 12.0. The summed E-state index contributed by atoms with van der Waals surface area (Å²) in [6.07, 6.45) is 0.429. The molecule has 1 fully saturated rings. The summed E-state index contributed by atoms with van der Waals surface area (Å²) < 4.78 is -0.993. The summed E-state index contributed by atoms with van der Waals surface area (Å²) in [7, 11) is 1.58. The lowest BCUT2D eigenvalue weighted by molar-refractivity contribution is -0.138. The molecule has 17 heavy (non-hydrogen) atoms. The third-order valence-electron chi connectivity index (χ3n) is 2.91. The van der Waals surface area contributed by atoms with E-state index in [-0.39, 0.29) is 24.4 Å². The molecule has 1 saturated carbocycles. The summed E-state index contributed by atoms with van der Waals surface area (Å²) in [5.74, 6) is -0.378. The first-order chi connectivity index (χ1) is 7.60. The van der Waals surface area contributed by atoms with Crippen LogP contribution in [0.4, 0.5) is 0 Å². The number of likely N-dealkylation sites (N-methyl/N-ethyl adjacent to an activating group) is 1. The van der Waals surface area contributed by atoms with Gasteiger partial charge in [-0.1, -0.05) is 0 Å². The van der Waals surface area contributed by atoms with Crippen LogP contribution in [0.3, 0.4) is 0 Å². The minimum Gasteiger partial charge on any atom is -0.352 e. The number of amides is 2. The molecular formula is C11H18Cl2N2O2. The van der Waals surface area contributed by atoms with E-state index >= 15 is 0 Å². The minimum absolute atomic E-state index is 0.0243. The van der Waals surface area contributed by atoms with Gasteiger partial charge in [0.2, 0.25) is 11.8 Å². The molecule has 0 unspecified atom stereocenters. The molecule has 1 aliphatic carbocycles. The number of rotatable bonds is 4. The van der Waals surface area contributed by atoms with E-state index in [0.717, 1.165) is 0 Å². The van der Waals surface area contributed by atoms with Crippen molar-refractivity contribution in [2.24, 2.45) is 5.41 Å². The van der Waals surface area contributed by atoms with Gasteiger partial charge < -0.3 is 10.2 Å². The van der Waals surface area contributed by atoms with Crippen LogP contribution in [0, 0.1) is 5.41 Å². The van der Waals surface area contributed by atoms with Crippen LogP contribution in [-0.2, 0) is 9.59 Å². The predicted molar refractivity (Wildman–Crippen MR) is 68.1 cm³/mol. The highest BCUT2D eigenvalue weighted by Crippen LogP contribution is 2.64. The lowest BCUT2D eigenvalue weighted by atomic mass is 10.1. The molecule has 4 nitrogen and oxygen atoms in total. The van der Waals surface area contributed by atoms with E-state index in [1.165, 1.54) is 4.90 Å². The molecule has 1 aliphatic rings. The molecule has 1 atom stereocenters. The molecule has 6 heteroatoms. The van der Waals surface area contributed by atoms with Crippen LogP contribution in [0.1, 0.15) is 27.2 Å². The minimum atomic E-state index is -0.993. The van der Waals surface area contributed by atoms with Crippen LogP contribution < -0.4 is 5.32 Å². The zero-order valence-electron chi connectivity index (χ0n) is 10.5. The molecule has 0 aliphatic heterocycles. The number of nitrogens with zero attached hydrogens (tertiary/aromatic N) is 1. The summed E-state index contributed by atoms with van der Waals surface area (Å²) in [6.45, 7) is 5.47. The van der Waals surface area contributed by atoms with Crippen molar-refractivity contribution in [1.82, 2.24) is 10.2 Å². The summed E-state index contributed by atoms with van der Waals surface area (Å²) in [5.41, 5.74) is -0.761. The Bertz CT molecular complexity index is 344.